The molecule has 0 spiro atoms. The summed E-state index contributed by atoms with van der Waals surface area (Å²) in [6.07, 6.45) is -0.877. The molecule has 0 fully saturated rings. The van der Waals surface area contributed by atoms with Gasteiger partial charge in [-0.05, 0) is 24.5 Å². The van der Waals surface area contributed by atoms with Crippen LogP contribution in [0.1, 0.15) is 29.8 Å². The molecule has 1 unspecified atom stereocenters. The molecule has 4 nitrogen and oxygen atoms in total. The van der Waals surface area contributed by atoms with Crippen molar-refractivity contribution < 1.29 is 23.4 Å². The Labute approximate surface area is 123 Å². The fraction of sp³-hybridized carbons (Fsp3) is 0.533. The van der Waals surface area contributed by atoms with E-state index in [2.05, 4.69) is 5.32 Å². The van der Waals surface area contributed by atoms with Gasteiger partial charge in [-0.25, -0.2) is 8.78 Å². The van der Waals surface area contributed by atoms with E-state index < -0.39 is 23.6 Å². The van der Waals surface area contributed by atoms with Crippen LogP contribution in [0.5, 0.6) is 0 Å². The van der Waals surface area contributed by atoms with Crippen molar-refractivity contribution in [1.82, 2.24) is 5.32 Å². The Morgan fingerprint density at radius 1 is 1.29 bits per heavy atom. The van der Waals surface area contributed by atoms with Crippen LogP contribution in [0.3, 0.4) is 0 Å². The van der Waals surface area contributed by atoms with Gasteiger partial charge in [0.25, 0.3) is 5.91 Å². The third-order valence-electron chi connectivity index (χ3n) is 2.75. The second-order valence-corrected chi connectivity index (χ2v) is 5.38. The maximum Gasteiger partial charge on any atom is 0.254 e. The Hall–Kier alpha value is -1.53. The van der Waals surface area contributed by atoms with Crippen molar-refractivity contribution in [2.24, 2.45) is 5.92 Å². The van der Waals surface area contributed by atoms with Crippen LogP contribution < -0.4 is 5.32 Å². The van der Waals surface area contributed by atoms with Gasteiger partial charge in [-0.15, -0.1) is 0 Å². The lowest BCUT2D eigenvalue weighted by atomic mass is 10.1. The molecule has 1 amide bonds. The highest BCUT2D eigenvalue weighted by atomic mass is 19.1. The van der Waals surface area contributed by atoms with Crippen molar-refractivity contribution in [1.29, 1.82) is 0 Å². The number of hydrogen-bond donors (Lipinski definition) is 2. The summed E-state index contributed by atoms with van der Waals surface area (Å²) in [4.78, 5) is 11.8. The van der Waals surface area contributed by atoms with Gasteiger partial charge < -0.3 is 15.2 Å². The number of halogens is 2. The second kappa shape index (κ2) is 8.05. The fourth-order valence-electron chi connectivity index (χ4n) is 1.64. The van der Waals surface area contributed by atoms with Crippen LogP contribution in [-0.4, -0.2) is 36.9 Å². The molecular weight excluding hydrogens is 280 g/mol. The molecular formula is C15H21F2NO3. The van der Waals surface area contributed by atoms with Crippen molar-refractivity contribution in [3.8, 4) is 0 Å². The molecule has 0 saturated carbocycles. The van der Waals surface area contributed by atoms with Crippen LogP contribution in [0, 0.1) is 24.5 Å². The molecule has 0 heterocycles. The van der Waals surface area contributed by atoms with E-state index in [0.717, 1.165) is 6.07 Å². The molecule has 0 bridgehead atoms. The molecule has 0 aliphatic rings. The van der Waals surface area contributed by atoms with Gasteiger partial charge in [0, 0.05) is 19.2 Å². The first-order valence-corrected chi connectivity index (χ1v) is 6.81. The summed E-state index contributed by atoms with van der Waals surface area (Å²) in [6, 6.07) is 1.81. The highest BCUT2D eigenvalue weighted by molar-refractivity contribution is 5.94. The van der Waals surface area contributed by atoms with Gasteiger partial charge >= 0.3 is 0 Å². The average Bonchev–Trinajstić information content (AvgIpc) is 2.39. The zero-order chi connectivity index (χ0) is 16.0. The number of hydrogen-bond acceptors (Lipinski definition) is 3. The molecule has 118 valence electrons. The maximum atomic E-state index is 13.5. The summed E-state index contributed by atoms with van der Waals surface area (Å²) in [5.74, 6) is -1.98. The van der Waals surface area contributed by atoms with Crippen molar-refractivity contribution in [2.45, 2.75) is 26.9 Å². The van der Waals surface area contributed by atoms with Gasteiger partial charge in [0.1, 0.15) is 11.6 Å². The predicted molar refractivity (Wildman–Crippen MR) is 75.1 cm³/mol. The van der Waals surface area contributed by atoms with E-state index in [1.165, 1.54) is 6.92 Å². The molecule has 2 N–H and O–H groups in total. The average molecular weight is 301 g/mol. The first kappa shape index (κ1) is 17.5. The Balaban J connectivity index is 2.49. The Morgan fingerprint density at radius 3 is 2.57 bits per heavy atom. The predicted octanol–water partition coefficient (Wildman–Crippen LogP) is 2.04. The van der Waals surface area contributed by atoms with E-state index in [1.54, 1.807) is 0 Å². The lowest BCUT2D eigenvalue weighted by Gasteiger charge is -2.14. The van der Waals surface area contributed by atoms with Crippen LogP contribution >= 0.6 is 0 Å². The number of benzene rings is 1. The highest BCUT2D eigenvalue weighted by Gasteiger charge is 2.15. The lowest BCUT2D eigenvalue weighted by molar-refractivity contribution is 0.0259. The van der Waals surface area contributed by atoms with Crippen LogP contribution in [0.4, 0.5) is 8.78 Å². The third-order valence-corrected chi connectivity index (χ3v) is 2.75. The molecule has 1 aromatic carbocycles. The quantitative estimate of drug-likeness (QED) is 0.810. The molecule has 1 atom stereocenters. The molecule has 0 saturated heterocycles. The van der Waals surface area contributed by atoms with Gasteiger partial charge in [0.05, 0.1) is 18.3 Å². The summed E-state index contributed by atoms with van der Waals surface area (Å²) in [6.45, 7) is 5.94. The van der Waals surface area contributed by atoms with Gasteiger partial charge in [-0.2, -0.15) is 0 Å². The first-order chi connectivity index (χ1) is 9.81. The van der Waals surface area contributed by atoms with Crippen LogP contribution in [0.2, 0.25) is 0 Å². The second-order valence-electron chi connectivity index (χ2n) is 5.38. The molecule has 0 aliphatic carbocycles. The van der Waals surface area contributed by atoms with Gasteiger partial charge in [-0.3, -0.25) is 4.79 Å². The topological polar surface area (TPSA) is 58.6 Å². The van der Waals surface area contributed by atoms with Gasteiger partial charge in [0.2, 0.25) is 0 Å². The van der Waals surface area contributed by atoms with Crippen molar-refractivity contribution in [2.75, 3.05) is 19.8 Å². The largest absolute Gasteiger partial charge is 0.389 e. The molecule has 21 heavy (non-hydrogen) atoms. The van der Waals surface area contributed by atoms with Crippen molar-refractivity contribution in [3.05, 3.63) is 34.9 Å². The van der Waals surface area contributed by atoms with E-state index in [9.17, 15) is 18.7 Å². The number of ether oxygens (including phenoxy) is 1. The Bertz CT molecular complexity index is 492. The number of amides is 1. The first-order valence-electron chi connectivity index (χ1n) is 6.81. The number of rotatable bonds is 7. The minimum Gasteiger partial charge on any atom is -0.389 e. The molecule has 0 radical (unpaired) electrons. The highest BCUT2D eigenvalue weighted by Crippen LogP contribution is 2.14. The summed E-state index contributed by atoms with van der Waals surface area (Å²) in [5, 5.41) is 12.0. The van der Waals surface area contributed by atoms with Crippen LogP contribution in [0.15, 0.2) is 12.1 Å². The summed E-state index contributed by atoms with van der Waals surface area (Å²) in [5.41, 5.74) is -0.0634. The number of aliphatic hydroxyl groups is 1. The van der Waals surface area contributed by atoms with E-state index in [0.29, 0.717) is 18.6 Å². The number of carbonyl (C=O) groups is 1. The minimum absolute atomic E-state index is 0.0627. The normalized spacial score (nSPS) is 12.5. The zero-order valence-corrected chi connectivity index (χ0v) is 12.5. The zero-order valence-electron chi connectivity index (χ0n) is 12.5. The molecule has 0 aliphatic heterocycles. The smallest absolute Gasteiger partial charge is 0.254 e. The van der Waals surface area contributed by atoms with Crippen molar-refractivity contribution >= 4 is 5.91 Å². The molecule has 1 aromatic rings. The number of aryl methyl sites for hydroxylation is 1. The number of aliphatic hydroxyl groups excluding tert-OH is 1. The Morgan fingerprint density at radius 2 is 1.95 bits per heavy atom. The summed E-state index contributed by atoms with van der Waals surface area (Å²) in [7, 11) is 0. The SMILES string of the molecule is Cc1cc(C(=O)NCC(O)COCC(C)C)c(F)cc1F. The summed E-state index contributed by atoms with van der Waals surface area (Å²) >= 11 is 0. The minimum atomic E-state index is -0.929. The van der Waals surface area contributed by atoms with E-state index >= 15 is 0 Å². The van der Waals surface area contributed by atoms with E-state index in [4.69, 9.17) is 4.74 Å². The Kier molecular flexibility index (Phi) is 6.71. The van der Waals surface area contributed by atoms with Crippen LogP contribution in [0.25, 0.3) is 0 Å². The third kappa shape index (κ3) is 5.77. The van der Waals surface area contributed by atoms with Gasteiger partial charge in [-0.1, -0.05) is 13.8 Å². The lowest BCUT2D eigenvalue weighted by Crippen LogP contribution is -2.35. The molecule has 0 aromatic heterocycles. The standard InChI is InChI=1S/C15H21F2NO3/c1-9(2)7-21-8-11(19)6-18-15(20)12-4-10(3)13(16)5-14(12)17/h4-5,9,11,19H,6-8H2,1-3H3,(H,18,20). The molecule has 6 heteroatoms. The number of nitrogens with one attached hydrogen (secondary N) is 1. The molecule has 1 rings (SSSR count). The maximum absolute atomic E-state index is 13.5. The van der Waals surface area contributed by atoms with Crippen LogP contribution in [-0.2, 0) is 4.74 Å². The monoisotopic (exact) mass is 301 g/mol. The fourth-order valence-corrected chi connectivity index (χ4v) is 1.64. The van der Waals surface area contributed by atoms with E-state index in [-0.39, 0.29) is 24.3 Å². The van der Waals surface area contributed by atoms with Crippen molar-refractivity contribution in [3.63, 3.8) is 0 Å². The number of carbonyl (C=O) groups excluding carboxylic acids is 1. The van der Waals surface area contributed by atoms with E-state index in [1.807, 2.05) is 13.8 Å². The summed E-state index contributed by atoms with van der Waals surface area (Å²) < 4.78 is 31.9. The van der Waals surface area contributed by atoms with Gasteiger partial charge in [0.15, 0.2) is 0 Å².